The van der Waals surface area contributed by atoms with Crippen molar-refractivity contribution in [3.05, 3.63) is 23.4 Å². The molecule has 2 unspecified atom stereocenters. The number of halogens is 1. The maximum Gasteiger partial charge on any atom is 0.115 e. The molecule has 0 saturated carbocycles. The first kappa shape index (κ1) is 13.8. The molecule has 0 aromatic carbocycles. The van der Waals surface area contributed by atoms with E-state index >= 15 is 0 Å². The summed E-state index contributed by atoms with van der Waals surface area (Å²) in [4.78, 5) is 4.20. The van der Waals surface area contributed by atoms with E-state index in [0.29, 0.717) is 11.4 Å². The molecule has 0 aliphatic carbocycles. The molecular formula is C11H17ClN2OS. The van der Waals surface area contributed by atoms with Gasteiger partial charge in [-0.15, -0.1) is 11.8 Å². The van der Waals surface area contributed by atoms with Crippen molar-refractivity contribution in [2.75, 3.05) is 6.61 Å². The minimum Gasteiger partial charge on any atom is -0.394 e. The third-order valence-electron chi connectivity index (χ3n) is 2.15. The van der Waals surface area contributed by atoms with E-state index in [1.54, 1.807) is 24.0 Å². The molecule has 0 saturated heterocycles. The zero-order valence-electron chi connectivity index (χ0n) is 9.48. The molecule has 2 atom stereocenters. The van der Waals surface area contributed by atoms with Crippen LogP contribution in [0.4, 0.5) is 0 Å². The number of thioether (sulfide) groups is 1. The molecule has 90 valence electrons. The molecule has 0 bridgehead atoms. The van der Waals surface area contributed by atoms with Crippen molar-refractivity contribution in [3.63, 3.8) is 0 Å². The van der Waals surface area contributed by atoms with Gasteiger partial charge in [-0.2, -0.15) is 0 Å². The van der Waals surface area contributed by atoms with E-state index in [-0.39, 0.29) is 11.9 Å². The number of aromatic nitrogens is 1. The molecule has 1 aromatic rings. The van der Waals surface area contributed by atoms with Gasteiger partial charge < -0.3 is 10.8 Å². The van der Waals surface area contributed by atoms with Crippen LogP contribution in [0.1, 0.15) is 20.3 Å². The Bertz CT molecular complexity index is 347. The van der Waals surface area contributed by atoms with Gasteiger partial charge in [0.25, 0.3) is 0 Å². The molecule has 0 aliphatic heterocycles. The van der Waals surface area contributed by atoms with Crippen LogP contribution < -0.4 is 5.73 Å². The van der Waals surface area contributed by atoms with Crippen molar-refractivity contribution in [1.82, 2.24) is 4.98 Å². The predicted octanol–water partition coefficient (Wildman–Crippen LogP) is 2.32. The fraction of sp³-hybridized carbons (Fsp3) is 0.545. The van der Waals surface area contributed by atoms with Crippen molar-refractivity contribution in [3.8, 4) is 0 Å². The molecule has 3 N–H and O–H groups in total. The summed E-state index contributed by atoms with van der Waals surface area (Å²) in [6.07, 6.45) is 2.43. The number of hydrogen-bond donors (Lipinski definition) is 2. The molecule has 3 nitrogen and oxygen atoms in total. The second kappa shape index (κ2) is 5.87. The number of nitrogens with zero attached hydrogens (tertiary/aromatic N) is 1. The molecule has 0 spiro atoms. The van der Waals surface area contributed by atoms with Crippen LogP contribution in [0.2, 0.25) is 5.02 Å². The third-order valence-corrected chi connectivity index (χ3v) is 3.69. The Labute approximate surface area is 105 Å². The zero-order chi connectivity index (χ0) is 12.2. The zero-order valence-corrected chi connectivity index (χ0v) is 11.1. The first-order valence-corrected chi connectivity index (χ1v) is 6.37. The SMILES string of the molecule is CC(CC(C)(N)CO)Sc1ncccc1Cl. The molecule has 16 heavy (non-hydrogen) atoms. The van der Waals surface area contributed by atoms with Gasteiger partial charge in [-0.05, 0) is 25.5 Å². The third kappa shape index (κ3) is 4.29. The lowest BCUT2D eigenvalue weighted by Gasteiger charge is -2.25. The Morgan fingerprint density at radius 3 is 2.94 bits per heavy atom. The summed E-state index contributed by atoms with van der Waals surface area (Å²) >= 11 is 7.59. The fourth-order valence-corrected chi connectivity index (χ4v) is 2.81. The molecule has 0 fully saturated rings. The fourth-order valence-electron chi connectivity index (χ4n) is 1.41. The molecular weight excluding hydrogens is 244 g/mol. The van der Waals surface area contributed by atoms with Gasteiger partial charge in [-0.25, -0.2) is 4.98 Å². The van der Waals surface area contributed by atoms with E-state index in [1.807, 2.05) is 13.0 Å². The standard InChI is InChI=1S/C11H17ClN2OS/c1-8(6-11(2,13)7-15)16-10-9(12)4-3-5-14-10/h3-5,8,15H,6-7,13H2,1-2H3. The van der Waals surface area contributed by atoms with Crippen LogP contribution in [-0.4, -0.2) is 27.5 Å². The number of hydrogen-bond acceptors (Lipinski definition) is 4. The van der Waals surface area contributed by atoms with Crippen molar-refractivity contribution in [2.24, 2.45) is 5.73 Å². The van der Waals surface area contributed by atoms with E-state index in [1.165, 1.54) is 0 Å². The van der Waals surface area contributed by atoms with Crippen molar-refractivity contribution in [1.29, 1.82) is 0 Å². The Morgan fingerprint density at radius 2 is 2.38 bits per heavy atom. The first-order valence-electron chi connectivity index (χ1n) is 5.11. The van der Waals surface area contributed by atoms with Gasteiger partial charge >= 0.3 is 0 Å². The van der Waals surface area contributed by atoms with Crippen LogP contribution in [0, 0.1) is 0 Å². The summed E-state index contributed by atoms with van der Waals surface area (Å²) in [5.41, 5.74) is 5.34. The first-order chi connectivity index (χ1) is 7.44. The van der Waals surface area contributed by atoms with E-state index in [0.717, 1.165) is 5.03 Å². The van der Waals surface area contributed by atoms with Crippen LogP contribution >= 0.6 is 23.4 Å². The maximum absolute atomic E-state index is 9.09. The molecule has 1 aromatic heterocycles. The Balaban J connectivity index is 2.58. The number of aliphatic hydroxyl groups is 1. The monoisotopic (exact) mass is 260 g/mol. The maximum atomic E-state index is 9.09. The summed E-state index contributed by atoms with van der Waals surface area (Å²) < 4.78 is 0. The second-order valence-corrected chi connectivity index (χ2v) is 6.07. The number of nitrogens with two attached hydrogens (primary N) is 1. The average Bonchev–Trinajstić information content (AvgIpc) is 2.21. The summed E-state index contributed by atoms with van der Waals surface area (Å²) in [6, 6.07) is 3.62. The number of pyridine rings is 1. The average molecular weight is 261 g/mol. The Hall–Kier alpha value is -0.290. The Morgan fingerprint density at radius 1 is 1.69 bits per heavy atom. The van der Waals surface area contributed by atoms with E-state index in [2.05, 4.69) is 11.9 Å². The van der Waals surface area contributed by atoms with Crippen LogP contribution in [-0.2, 0) is 0 Å². The van der Waals surface area contributed by atoms with Gasteiger partial charge in [-0.3, -0.25) is 0 Å². The minimum atomic E-state index is -0.548. The summed E-state index contributed by atoms with van der Waals surface area (Å²) in [5, 5.41) is 10.8. The lowest BCUT2D eigenvalue weighted by atomic mass is 9.99. The lowest BCUT2D eigenvalue weighted by molar-refractivity contribution is 0.201. The van der Waals surface area contributed by atoms with Gasteiger partial charge in [0.2, 0.25) is 0 Å². The van der Waals surface area contributed by atoms with Gasteiger partial charge in [0.15, 0.2) is 0 Å². The highest BCUT2D eigenvalue weighted by Crippen LogP contribution is 2.30. The van der Waals surface area contributed by atoms with E-state index < -0.39 is 5.54 Å². The highest BCUT2D eigenvalue weighted by Gasteiger charge is 2.21. The van der Waals surface area contributed by atoms with Crippen molar-refractivity contribution < 1.29 is 5.11 Å². The number of aliphatic hydroxyl groups excluding tert-OH is 1. The predicted molar refractivity (Wildman–Crippen MR) is 68.9 cm³/mol. The molecule has 0 radical (unpaired) electrons. The van der Waals surface area contributed by atoms with Gasteiger partial charge in [0.05, 0.1) is 11.6 Å². The van der Waals surface area contributed by atoms with E-state index in [4.69, 9.17) is 22.4 Å². The van der Waals surface area contributed by atoms with Crippen LogP contribution in [0.25, 0.3) is 0 Å². The summed E-state index contributed by atoms with van der Waals surface area (Å²) in [6.45, 7) is 3.87. The number of rotatable bonds is 5. The van der Waals surface area contributed by atoms with Crippen molar-refractivity contribution >= 4 is 23.4 Å². The van der Waals surface area contributed by atoms with Crippen LogP contribution in [0.15, 0.2) is 23.4 Å². The summed E-state index contributed by atoms with van der Waals surface area (Å²) in [7, 11) is 0. The minimum absolute atomic E-state index is 0.0200. The van der Waals surface area contributed by atoms with Gasteiger partial charge in [-0.1, -0.05) is 18.5 Å². The summed E-state index contributed by atoms with van der Waals surface area (Å²) in [5.74, 6) is 0. The molecule has 1 heterocycles. The highest BCUT2D eigenvalue weighted by molar-refractivity contribution is 7.99. The van der Waals surface area contributed by atoms with E-state index in [9.17, 15) is 0 Å². The normalized spacial score (nSPS) is 16.8. The molecule has 1 rings (SSSR count). The quantitative estimate of drug-likeness (QED) is 0.798. The highest BCUT2D eigenvalue weighted by atomic mass is 35.5. The van der Waals surface area contributed by atoms with Gasteiger partial charge in [0, 0.05) is 17.0 Å². The van der Waals surface area contributed by atoms with Crippen LogP contribution in [0.3, 0.4) is 0 Å². The van der Waals surface area contributed by atoms with Crippen molar-refractivity contribution in [2.45, 2.75) is 36.1 Å². The Kier molecular flexibility index (Phi) is 5.05. The molecule has 0 aliphatic rings. The largest absolute Gasteiger partial charge is 0.394 e. The lowest BCUT2D eigenvalue weighted by Crippen LogP contribution is -2.42. The molecule has 0 amide bonds. The van der Waals surface area contributed by atoms with Gasteiger partial charge in [0.1, 0.15) is 5.03 Å². The molecule has 5 heteroatoms. The topological polar surface area (TPSA) is 59.1 Å². The second-order valence-electron chi connectivity index (χ2n) is 4.24. The smallest absolute Gasteiger partial charge is 0.115 e. The van der Waals surface area contributed by atoms with Crippen LogP contribution in [0.5, 0.6) is 0 Å².